The largest absolute Gasteiger partial charge is 0.383 e. The number of ether oxygens (including phenoxy) is 1. The van der Waals surface area contributed by atoms with Gasteiger partial charge in [-0.05, 0) is 35.9 Å². The van der Waals surface area contributed by atoms with Gasteiger partial charge in [-0.3, -0.25) is 4.79 Å². The highest BCUT2D eigenvalue weighted by Gasteiger charge is 2.14. The van der Waals surface area contributed by atoms with E-state index in [1.807, 2.05) is 4.57 Å². The van der Waals surface area contributed by atoms with E-state index >= 15 is 0 Å². The summed E-state index contributed by atoms with van der Waals surface area (Å²) in [5.74, 6) is -0.383. The fraction of sp³-hybridized carbons (Fsp3) is 0.333. The van der Waals surface area contributed by atoms with E-state index in [0.717, 1.165) is 11.8 Å². The molecule has 11 heteroatoms. The van der Waals surface area contributed by atoms with E-state index in [0.29, 0.717) is 28.2 Å². The molecule has 172 valence electrons. The lowest BCUT2D eigenvalue weighted by molar-refractivity contribution is -0.117. The van der Waals surface area contributed by atoms with Gasteiger partial charge in [0.05, 0.1) is 38.8 Å². The molecule has 0 aliphatic heterocycles. The molecule has 2 aromatic carbocycles. The van der Waals surface area contributed by atoms with Crippen LogP contribution in [-0.4, -0.2) is 53.0 Å². The number of carbonyl (C=O) groups is 1. The van der Waals surface area contributed by atoms with E-state index in [2.05, 4.69) is 4.99 Å². The van der Waals surface area contributed by atoms with Gasteiger partial charge in [-0.2, -0.15) is 4.99 Å². The van der Waals surface area contributed by atoms with Crippen molar-refractivity contribution in [3.8, 4) is 0 Å². The normalized spacial score (nSPS) is 13.0. The first kappa shape index (κ1) is 24.3. The fourth-order valence-electron chi connectivity index (χ4n) is 3.07. The molecule has 0 N–H and O–H groups in total. The number of hydrogen-bond acceptors (Lipinski definition) is 7. The van der Waals surface area contributed by atoms with E-state index in [1.165, 1.54) is 29.5 Å². The van der Waals surface area contributed by atoms with Crippen LogP contribution in [0, 0.1) is 0 Å². The Morgan fingerprint density at radius 2 is 1.72 bits per heavy atom. The number of nitrogens with zero attached hydrogens (tertiary/aromatic N) is 2. The van der Waals surface area contributed by atoms with Gasteiger partial charge >= 0.3 is 0 Å². The predicted molar refractivity (Wildman–Crippen MR) is 123 cm³/mol. The van der Waals surface area contributed by atoms with Crippen molar-refractivity contribution in [1.82, 2.24) is 4.57 Å². The number of fused-ring (bicyclic) bond motifs is 1. The van der Waals surface area contributed by atoms with Crippen LogP contribution in [0.3, 0.4) is 0 Å². The van der Waals surface area contributed by atoms with Gasteiger partial charge in [0.1, 0.15) is 0 Å². The molecule has 1 heterocycles. The summed E-state index contributed by atoms with van der Waals surface area (Å²) in [5.41, 5.74) is 1.41. The molecule has 0 unspecified atom stereocenters. The van der Waals surface area contributed by atoms with Crippen molar-refractivity contribution in [2.45, 2.75) is 29.7 Å². The number of aromatic nitrogens is 1. The second-order valence-electron chi connectivity index (χ2n) is 7.16. The van der Waals surface area contributed by atoms with E-state index in [1.54, 1.807) is 38.3 Å². The molecule has 3 rings (SSSR count). The number of amides is 1. The van der Waals surface area contributed by atoms with E-state index in [-0.39, 0.29) is 22.0 Å². The molecule has 0 spiro atoms. The molecule has 0 bridgehead atoms. The zero-order valence-corrected chi connectivity index (χ0v) is 20.4. The highest BCUT2D eigenvalue weighted by Crippen LogP contribution is 2.22. The Morgan fingerprint density at radius 1 is 1.06 bits per heavy atom. The smallest absolute Gasteiger partial charge is 0.252 e. The van der Waals surface area contributed by atoms with Crippen LogP contribution in [0.25, 0.3) is 10.2 Å². The first-order valence-electron chi connectivity index (χ1n) is 9.77. The summed E-state index contributed by atoms with van der Waals surface area (Å²) < 4.78 is 55.3. The summed E-state index contributed by atoms with van der Waals surface area (Å²) in [4.78, 5) is 17.7. The minimum absolute atomic E-state index is 0.00900. The minimum Gasteiger partial charge on any atom is -0.383 e. The maximum Gasteiger partial charge on any atom is 0.252 e. The van der Waals surface area contributed by atoms with Gasteiger partial charge in [-0.15, -0.1) is 0 Å². The molecule has 1 amide bonds. The summed E-state index contributed by atoms with van der Waals surface area (Å²) >= 11 is 1.23. The van der Waals surface area contributed by atoms with Crippen molar-refractivity contribution in [2.75, 3.05) is 25.7 Å². The molecule has 8 nitrogen and oxygen atoms in total. The first-order chi connectivity index (χ1) is 15.0. The topological polar surface area (TPSA) is 112 Å². The highest BCUT2D eigenvalue weighted by atomic mass is 32.2. The average Bonchev–Trinajstić information content (AvgIpc) is 3.07. The van der Waals surface area contributed by atoms with Crippen LogP contribution in [0.1, 0.15) is 12.5 Å². The van der Waals surface area contributed by atoms with Crippen LogP contribution >= 0.6 is 11.3 Å². The molecular weight excluding hydrogens is 472 g/mol. The fourth-order valence-corrected chi connectivity index (χ4v) is 5.79. The van der Waals surface area contributed by atoms with Crippen LogP contribution in [0.2, 0.25) is 0 Å². The lowest BCUT2D eigenvalue weighted by Gasteiger charge is -2.05. The second kappa shape index (κ2) is 9.65. The van der Waals surface area contributed by atoms with Crippen molar-refractivity contribution in [3.63, 3.8) is 0 Å². The monoisotopic (exact) mass is 496 g/mol. The lowest BCUT2D eigenvalue weighted by Crippen LogP contribution is -2.19. The maximum absolute atomic E-state index is 12.6. The van der Waals surface area contributed by atoms with Crippen LogP contribution in [0.15, 0.2) is 57.2 Å². The van der Waals surface area contributed by atoms with Crippen molar-refractivity contribution in [2.24, 2.45) is 4.99 Å². The zero-order chi connectivity index (χ0) is 23.5. The third-order valence-corrected chi connectivity index (χ3v) is 8.74. The molecule has 1 aromatic heterocycles. The Bertz CT molecular complexity index is 1420. The Morgan fingerprint density at radius 3 is 2.31 bits per heavy atom. The SMILES string of the molecule is CCS(=O)(=O)c1ccc(CC(=O)N=c2sc3cc(S(C)(=O)=O)ccc3n2CCOC)cc1. The zero-order valence-electron chi connectivity index (χ0n) is 17.9. The number of methoxy groups -OCH3 is 1. The summed E-state index contributed by atoms with van der Waals surface area (Å²) in [7, 11) is -5.09. The van der Waals surface area contributed by atoms with Crippen LogP contribution < -0.4 is 4.80 Å². The molecule has 0 atom stereocenters. The molecule has 0 fully saturated rings. The molecule has 0 saturated carbocycles. The molecule has 0 saturated heterocycles. The molecule has 32 heavy (non-hydrogen) atoms. The number of benzene rings is 2. The van der Waals surface area contributed by atoms with E-state index in [4.69, 9.17) is 4.74 Å². The number of carbonyl (C=O) groups excluding carboxylic acids is 1. The summed E-state index contributed by atoms with van der Waals surface area (Å²) in [5, 5.41) is 0. The van der Waals surface area contributed by atoms with E-state index < -0.39 is 25.6 Å². The highest BCUT2D eigenvalue weighted by molar-refractivity contribution is 7.91. The van der Waals surface area contributed by atoms with Gasteiger partial charge in [0.15, 0.2) is 24.5 Å². The maximum atomic E-state index is 12.6. The van der Waals surface area contributed by atoms with Crippen molar-refractivity contribution >= 4 is 47.1 Å². The van der Waals surface area contributed by atoms with Crippen LogP contribution in [-0.2, 0) is 42.2 Å². The number of rotatable bonds is 8. The van der Waals surface area contributed by atoms with Crippen LogP contribution in [0.5, 0.6) is 0 Å². The molecule has 0 radical (unpaired) electrons. The van der Waals surface area contributed by atoms with Crippen molar-refractivity contribution < 1.29 is 26.4 Å². The second-order valence-corrected chi connectivity index (χ2v) is 12.5. The summed E-state index contributed by atoms with van der Waals surface area (Å²) in [6.07, 6.45) is 1.16. The Hall–Kier alpha value is -2.34. The minimum atomic E-state index is -3.36. The quantitative estimate of drug-likeness (QED) is 0.473. The standard InChI is InChI=1S/C21H24N2O6S3/c1-4-32(27,28)16-7-5-15(6-8-16)13-20(24)22-21-23(11-12-29-2)18-10-9-17(31(3,25)26)14-19(18)30-21/h5-10,14H,4,11-13H2,1-3H3. The van der Waals surface area contributed by atoms with Gasteiger partial charge in [-0.1, -0.05) is 30.4 Å². The van der Waals surface area contributed by atoms with Crippen LogP contribution in [0.4, 0.5) is 0 Å². The Labute approximate surface area is 191 Å². The third-order valence-electron chi connectivity index (χ3n) is 4.84. The first-order valence-corrected chi connectivity index (χ1v) is 14.1. The van der Waals surface area contributed by atoms with E-state index in [9.17, 15) is 21.6 Å². The summed E-state index contributed by atoms with van der Waals surface area (Å²) in [6, 6.07) is 11.0. The van der Waals surface area contributed by atoms with Crippen molar-refractivity contribution in [3.05, 3.63) is 52.8 Å². The van der Waals surface area contributed by atoms with Gasteiger partial charge < -0.3 is 9.30 Å². The predicted octanol–water partition coefficient (Wildman–Crippen LogP) is 2.22. The van der Waals surface area contributed by atoms with Crippen molar-refractivity contribution in [1.29, 1.82) is 0 Å². The molecular formula is C21H24N2O6S3. The van der Waals surface area contributed by atoms with Gasteiger partial charge in [0.25, 0.3) is 5.91 Å². The summed E-state index contributed by atoms with van der Waals surface area (Å²) in [6.45, 7) is 2.42. The third kappa shape index (κ3) is 5.52. The number of thiazole rings is 1. The number of hydrogen-bond donors (Lipinski definition) is 0. The van der Waals surface area contributed by atoms with Gasteiger partial charge in [-0.25, -0.2) is 16.8 Å². The molecule has 0 aliphatic rings. The van der Waals surface area contributed by atoms with Gasteiger partial charge in [0, 0.05) is 19.9 Å². The molecule has 3 aromatic rings. The Kier molecular flexibility index (Phi) is 7.33. The Balaban J connectivity index is 1.96. The average molecular weight is 497 g/mol. The van der Waals surface area contributed by atoms with Gasteiger partial charge in [0.2, 0.25) is 0 Å². The molecule has 0 aliphatic carbocycles. The number of sulfone groups is 2. The lowest BCUT2D eigenvalue weighted by atomic mass is 10.1.